The van der Waals surface area contributed by atoms with E-state index in [0.29, 0.717) is 0 Å². The molecule has 0 N–H and O–H groups in total. The van der Waals surface area contributed by atoms with Gasteiger partial charge >= 0.3 is 0 Å². The third-order valence-electron chi connectivity index (χ3n) is 4.36. The minimum absolute atomic E-state index is 0.0944. The fraction of sp³-hybridized carbons (Fsp3) is 0.562. The summed E-state index contributed by atoms with van der Waals surface area (Å²) in [5, 5.41) is 0. The summed E-state index contributed by atoms with van der Waals surface area (Å²) in [6.07, 6.45) is 3.80. The van der Waals surface area contributed by atoms with Crippen LogP contribution in [0.15, 0.2) is 12.1 Å². The van der Waals surface area contributed by atoms with Crippen molar-refractivity contribution in [1.29, 1.82) is 0 Å². The number of benzene rings is 1. The van der Waals surface area contributed by atoms with Crippen LogP contribution in [0, 0.1) is 29.9 Å². The fourth-order valence-electron chi connectivity index (χ4n) is 3.00. The molecular weight excluding hydrogens is 246 g/mol. The predicted molar refractivity (Wildman–Crippen MR) is 71.2 cm³/mol. The van der Waals surface area contributed by atoms with Gasteiger partial charge in [-0.2, -0.15) is 0 Å². The van der Waals surface area contributed by atoms with E-state index in [-0.39, 0.29) is 28.2 Å². The molecule has 1 fully saturated rings. The lowest BCUT2D eigenvalue weighted by Gasteiger charge is -2.37. The molecule has 1 aromatic rings. The molecule has 19 heavy (non-hydrogen) atoms. The minimum Gasteiger partial charge on any atom is -0.294 e. The molecule has 1 atom stereocenters. The van der Waals surface area contributed by atoms with E-state index in [1.54, 1.807) is 0 Å². The molecule has 0 amide bonds. The number of Topliss-reactive ketones (excluding diaryl/α,β-unsaturated/α-hetero) is 1. The van der Waals surface area contributed by atoms with Crippen molar-refractivity contribution < 1.29 is 13.6 Å². The maximum Gasteiger partial charge on any atom is 0.169 e. The average Bonchev–Trinajstić information content (AvgIpc) is 2.35. The number of hydrogen-bond acceptors (Lipinski definition) is 1. The van der Waals surface area contributed by atoms with E-state index < -0.39 is 11.6 Å². The second-order valence-electron chi connectivity index (χ2n) is 6.21. The number of halogens is 2. The van der Waals surface area contributed by atoms with Gasteiger partial charge in [0.15, 0.2) is 17.4 Å². The number of hydrogen-bond donors (Lipinski definition) is 0. The molecule has 0 aromatic heterocycles. The molecule has 3 heteroatoms. The lowest BCUT2D eigenvalue weighted by molar-refractivity contribution is 0.0692. The first-order valence-corrected chi connectivity index (χ1v) is 6.83. The van der Waals surface area contributed by atoms with Gasteiger partial charge in [0.25, 0.3) is 0 Å². The minimum atomic E-state index is -0.994. The van der Waals surface area contributed by atoms with Crippen molar-refractivity contribution in [2.24, 2.45) is 11.3 Å². The van der Waals surface area contributed by atoms with Crippen LogP contribution in [0.25, 0.3) is 0 Å². The molecule has 1 unspecified atom stereocenters. The molecule has 1 aliphatic rings. The Morgan fingerprint density at radius 3 is 2.53 bits per heavy atom. The molecule has 1 aliphatic carbocycles. The van der Waals surface area contributed by atoms with Crippen LogP contribution in [-0.2, 0) is 0 Å². The third kappa shape index (κ3) is 2.56. The van der Waals surface area contributed by atoms with E-state index in [9.17, 15) is 13.6 Å². The van der Waals surface area contributed by atoms with Crippen LogP contribution < -0.4 is 0 Å². The summed E-state index contributed by atoms with van der Waals surface area (Å²) in [5.74, 6) is -2.36. The molecule has 0 radical (unpaired) electrons. The number of carbonyl (C=O) groups excluding carboxylic acids is 1. The lowest BCUT2D eigenvalue weighted by atomic mass is 9.66. The molecule has 1 aromatic carbocycles. The van der Waals surface area contributed by atoms with Gasteiger partial charge in [0, 0.05) is 5.92 Å². The second-order valence-corrected chi connectivity index (χ2v) is 6.21. The molecule has 0 bridgehead atoms. The zero-order valence-electron chi connectivity index (χ0n) is 11.7. The Balaban J connectivity index is 2.37. The Morgan fingerprint density at radius 2 is 1.89 bits per heavy atom. The van der Waals surface area contributed by atoms with Crippen LogP contribution in [0.5, 0.6) is 0 Å². The summed E-state index contributed by atoms with van der Waals surface area (Å²) in [7, 11) is 0. The van der Waals surface area contributed by atoms with Gasteiger partial charge in [0.2, 0.25) is 0 Å². The zero-order chi connectivity index (χ0) is 14.2. The predicted octanol–water partition coefficient (Wildman–Crippen LogP) is 4.67. The maximum absolute atomic E-state index is 13.9. The highest BCUT2D eigenvalue weighted by atomic mass is 19.2. The Labute approximate surface area is 113 Å². The zero-order valence-corrected chi connectivity index (χ0v) is 11.7. The van der Waals surface area contributed by atoms with Gasteiger partial charge in [0.1, 0.15) is 0 Å². The first-order chi connectivity index (χ1) is 8.84. The van der Waals surface area contributed by atoms with Crippen LogP contribution in [0.4, 0.5) is 8.78 Å². The Kier molecular flexibility index (Phi) is 3.75. The quantitative estimate of drug-likeness (QED) is 0.711. The second kappa shape index (κ2) is 5.03. The van der Waals surface area contributed by atoms with Gasteiger partial charge in [-0.25, -0.2) is 8.78 Å². The van der Waals surface area contributed by atoms with Gasteiger partial charge in [0.05, 0.1) is 5.56 Å². The highest BCUT2D eigenvalue weighted by Gasteiger charge is 2.38. The van der Waals surface area contributed by atoms with E-state index in [1.807, 2.05) is 13.8 Å². The standard InChI is InChI=1S/C16H20F2O/c1-10-7-8-11(14(18)13(10)17)15(19)12-6-4-5-9-16(12,2)3/h7-8,12H,4-6,9H2,1-3H3. The van der Waals surface area contributed by atoms with Gasteiger partial charge < -0.3 is 0 Å². The summed E-state index contributed by atoms with van der Waals surface area (Å²) in [4.78, 5) is 12.5. The molecule has 0 saturated heterocycles. The topological polar surface area (TPSA) is 17.1 Å². The van der Waals surface area contributed by atoms with Crippen molar-refractivity contribution in [2.75, 3.05) is 0 Å². The normalized spacial score (nSPS) is 22.3. The van der Waals surface area contributed by atoms with Crippen molar-refractivity contribution in [2.45, 2.75) is 46.5 Å². The van der Waals surface area contributed by atoms with Gasteiger partial charge in [-0.15, -0.1) is 0 Å². The highest BCUT2D eigenvalue weighted by molar-refractivity contribution is 5.98. The van der Waals surface area contributed by atoms with E-state index >= 15 is 0 Å². The van der Waals surface area contributed by atoms with Gasteiger partial charge in [-0.05, 0) is 36.8 Å². The summed E-state index contributed by atoms with van der Waals surface area (Å²) >= 11 is 0. The first kappa shape index (κ1) is 14.2. The number of ketones is 1. The summed E-state index contributed by atoms with van der Waals surface area (Å²) in [6.45, 7) is 5.57. The molecular formula is C16H20F2O. The van der Waals surface area contributed by atoms with Crippen LogP contribution in [0.3, 0.4) is 0 Å². The number of rotatable bonds is 2. The maximum atomic E-state index is 13.9. The van der Waals surface area contributed by atoms with Crippen LogP contribution in [-0.4, -0.2) is 5.78 Å². The monoisotopic (exact) mass is 266 g/mol. The van der Waals surface area contributed by atoms with E-state index in [2.05, 4.69) is 0 Å². The number of carbonyl (C=O) groups is 1. The van der Waals surface area contributed by atoms with Crippen molar-refractivity contribution >= 4 is 5.78 Å². The highest BCUT2D eigenvalue weighted by Crippen LogP contribution is 2.42. The van der Waals surface area contributed by atoms with E-state index in [1.165, 1.54) is 19.1 Å². The fourth-order valence-corrected chi connectivity index (χ4v) is 3.00. The van der Waals surface area contributed by atoms with E-state index in [4.69, 9.17) is 0 Å². The Bertz CT molecular complexity index is 506. The van der Waals surface area contributed by atoms with Crippen molar-refractivity contribution in [3.8, 4) is 0 Å². The smallest absolute Gasteiger partial charge is 0.169 e. The van der Waals surface area contributed by atoms with Gasteiger partial charge in [-0.3, -0.25) is 4.79 Å². The van der Waals surface area contributed by atoms with Crippen LogP contribution >= 0.6 is 0 Å². The van der Waals surface area contributed by atoms with Crippen LogP contribution in [0.2, 0.25) is 0 Å². The molecule has 1 saturated carbocycles. The summed E-state index contributed by atoms with van der Waals surface area (Å²) in [6, 6.07) is 2.89. The molecule has 2 rings (SSSR count). The van der Waals surface area contributed by atoms with Gasteiger partial charge in [-0.1, -0.05) is 32.8 Å². The Morgan fingerprint density at radius 1 is 1.21 bits per heavy atom. The molecule has 0 heterocycles. The van der Waals surface area contributed by atoms with E-state index in [0.717, 1.165) is 25.7 Å². The average molecular weight is 266 g/mol. The van der Waals surface area contributed by atoms with Crippen LogP contribution in [0.1, 0.15) is 55.5 Å². The lowest BCUT2D eigenvalue weighted by Crippen LogP contribution is -2.34. The van der Waals surface area contributed by atoms with Crippen molar-refractivity contribution in [3.05, 3.63) is 34.9 Å². The third-order valence-corrected chi connectivity index (χ3v) is 4.36. The molecule has 0 spiro atoms. The molecule has 0 aliphatic heterocycles. The summed E-state index contributed by atoms with van der Waals surface area (Å²) in [5.41, 5.74) is 0.00314. The first-order valence-electron chi connectivity index (χ1n) is 6.83. The summed E-state index contributed by atoms with van der Waals surface area (Å²) < 4.78 is 27.5. The largest absolute Gasteiger partial charge is 0.294 e. The number of aryl methyl sites for hydroxylation is 1. The molecule has 1 nitrogen and oxygen atoms in total. The molecule has 104 valence electrons. The van der Waals surface area contributed by atoms with Crippen molar-refractivity contribution in [3.63, 3.8) is 0 Å². The SMILES string of the molecule is Cc1ccc(C(=O)C2CCCCC2(C)C)c(F)c1F. The van der Waals surface area contributed by atoms with Crippen molar-refractivity contribution in [1.82, 2.24) is 0 Å². The Hall–Kier alpha value is -1.25.